The lowest BCUT2D eigenvalue weighted by Crippen LogP contribution is -2.45. The van der Waals surface area contributed by atoms with Gasteiger partial charge in [0.2, 0.25) is 0 Å². The van der Waals surface area contributed by atoms with Crippen LogP contribution in [0.4, 0.5) is 4.39 Å². The zero-order valence-corrected chi connectivity index (χ0v) is 13.8. The second kappa shape index (κ2) is 7.30. The molecule has 0 aliphatic rings. The molecule has 0 spiro atoms. The first-order chi connectivity index (χ1) is 10.9. The molecule has 0 fully saturated rings. The van der Waals surface area contributed by atoms with Gasteiger partial charge in [0.05, 0.1) is 12.2 Å². The van der Waals surface area contributed by atoms with Crippen LogP contribution < -0.4 is 10.9 Å². The Hall–Kier alpha value is -2.32. The third-order valence-electron chi connectivity index (χ3n) is 2.87. The van der Waals surface area contributed by atoms with Crippen molar-refractivity contribution < 1.29 is 14.0 Å². The zero-order valence-electron chi connectivity index (χ0n) is 13.0. The minimum atomic E-state index is -0.430. The van der Waals surface area contributed by atoms with Crippen LogP contribution in [0.25, 0.3) is 10.6 Å². The summed E-state index contributed by atoms with van der Waals surface area (Å²) in [7, 11) is 3.51. The highest BCUT2D eigenvalue weighted by Crippen LogP contribution is 2.27. The van der Waals surface area contributed by atoms with Gasteiger partial charge < -0.3 is 4.90 Å². The van der Waals surface area contributed by atoms with Crippen LogP contribution >= 0.6 is 11.3 Å². The van der Waals surface area contributed by atoms with Crippen molar-refractivity contribution in [2.75, 3.05) is 20.6 Å². The number of hydrazine groups is 1. The summed E-state index contributed by atoms with van der Waals surface area (Å²) in [6.45, 7) is 1.88. The van der Waals surface area contributed by atoms with Crippen molar-refractivity contribution in [1.29, 1.82) is 0 Å². The molecule has 0 aliphatic carbocycles. The molecule has 1 heterocycles. The van der Waals surface area contributed by atoms with Crippen molar-refractivity contribution >= 4 is 23.2 Å². The summed E-state index contributed by atoms with van der Waals surface area (Å²) in [6, 6.07) is 5.89. The molecule has 122 valence electrons. The molecule has 0 saturated carbocycles. The van der Waals surface area contributed by atoms with E-state index in [4.69, 9.17) is 0 Å². The van der Waals surface area contributed by atoms with Crippen LogP contribution in [0.15, 0.2) is 24.3 Å². The highest BCUT2D eigenvalue weighted by Gasteiger charge is 2.17. The van der Waals surface area contributed by atoms with E-state index in [9.17, 15) is 14.0 Å². The van der Waals surface area contributed by atoms with Crippen LogP contribution in [0.5, 0.6) is 0 Å². The number of hydrogen-bond acceptors (Lipinski definition) is 5. The normalized spacial score (nSPS) is 10.7. The van der Waals surface area contributed by atoms with Gasteiger partial charge in [0.25, 0.3) is 11.8 Å². The maximum absolute atomic E-state index is 13.0. The number of nitrogens with one attached hydrogen (secondary N) is 2. The maximum atomic E-state index is 13.0. The Bertz CT molecular complexity index is 713. The van der Waals surface area contributed by atoms with Gasteiger partial charge in [-0.2, -0.15) is 0 Å². The molecule has 0 aliphatic heterocycles. The molecular formula is C15H17FN4O2S. The van der Waals surface area contributed by atoms with E-state index in [0.29, 0.717) is 15.6 Å². The number of halogens is 1. The minimum Gasteiger partial charge on any atom is -0.301 e. The molecule has 0 radical (unpaired) electrons. The van der Waals surface area contributed by atoms with Crippen LogP contribution in [0, 0.1) is 12.7 Å². The maximum Gasteiger partial charge on any atom is 0.281 e. The molecule has 0 unspecified atom stereocenters. The first kappa shape index (κ1) is 17.0. The molecular weight excluding hydrogens is 319 g/mol. The lowest BCUT2D eigenvalue weighted by molar-refractivity contribution is -0.122. The predicted octanol–water partition coefficient (Wildman–Crippen LogP) is 1.58. The van der Waals surface area contributed by atoms with Crippen LogP contribution in [-0.4, -0.2) is 42.3 Å². The number of aromatic nitrogens is 1. The van der Waals surface area contributed by atoms with Crippen molar-refractivity contribution in [3.63, 3.8) is 0 Å². The predicted molar refractivity (Wildman–Crippen MR) is 86.4 cm³/mol. The van der Waals surface area contributed by atoms with Gasteiger partial charge in [-0.25, -0.2) is 9.37 Å². The van der Waals surface area contributed by atoms with E-state index in [1.165, 1.54) is 23.5 Å². The fraction of sp³-hybridized carbons (Fsp3) is 0.267. The SMILES string of the molecule is Cc1nc(-c2ccc(F)cc2)sc1C(=O)NNC(=O)CN(C)C. The van der Waals surface area contributed by atoms with Crippen molar-refractivity contribution in [3.05, 3.63) is 40.7 Å². The van der Waals surface area contributed by atoms with E-state index < -0.39 is 5.91 Å². The van der Waals surface area contributed by atoms with Gasteiger partial charge in [-0.05, 0) is 45.3 Å². The van der Waals surface area contributed by atoms with Crippen LogP contribution in [0.3, 0.4) is 0 Å². The van der Waals surface area contributed by atoms with Crippen molar-refractivity contribution in [1.82, 2.24) is 20.7 Å². The molecule has 2 rings (SSSR count). The third kappa shape index (κ3) is 4.57. The summed E-state index contributed by atoms with van der Waals surface area (Å²) in [4.78, 5) is 30.0. The number of likely N-dealkylation sites (N-methyl/N-ethyl adjacent to an activating group) is 1. The Kier molecular flexibility index (Phi) is 5.41. The summed E-state index contributed by atoms with van der Waals surface area (Å²) in [5.41, 5.74) is 5.99. The molecule has 0 bridgehead atoms. The van der Waals surface area contributed by atoms with E-state index in [-0.39, 0.29) is 18.3 Å². The van der Waals surface area contributed by atoms with Crippen LogP contribution in [0.2, 0.25) is 0 Å². The molecule has 2 N–H and O–H groups in total. The van der Waals surface area contributed by atoms with E-state index in [0.717, 1.165) is 5.56 Å². The van der Waals surface area contributed by atoms with Crippen LogP contribution in [0.1, 0.15) is 15.4 Å². The fourth-order valence-electron chi connectivity index (χ4n) is 1.83. The number of carbonyl (C=O) groups excluding carboxylic acids is 2. The van der Waals surface area contributed by atoms with E-state index in [1.807, 2.05) is 0 Å². The van der Waals surface area contributed by atoms with E-state index in [2.05, 4.69) is 15.8 Å². The van der Waals surface area contributed by atoms with Gasteiger partial charge in [0.1, 0.15) is 15.7 Å². The van der Waals surface area contributed by atoms with Crippen molar-refractivity contribution in [2.24, 2.45) is 0 Å². The van der Waals surface area contributed by atoms with Crippen LogP contribution in [-0.2, 0) is 4.79 Å². The number of thiazole rings is 1. The molecule has 8 heteroatoms. The average molecular weight is 336 g/mol. The molecule has 23 heavy (non-hydrogen) atoms. The number of carbonyl (C=O) groups is 2. The number of amides is 2. The lowest BCUT2D eigenvalue weighted by Gasteiger charge is -2.10. The second-order valence-corrected chi connectivity index (χ2v) is 6.18. The van der Waals surface area contributed by atoms with E-state index >= 15 is 0 Å². The Balaban J connectivity index is 2.07. The molecule has 2 aromatic rings. The van der Waals surface area contributed by atoms with Crippen molar-refractivity contribution in [3.8, 4) is 10.6 Å². The molecule has 6 nitrogen and oxygen atoms in total. The first-order valence-corrected chi connectivity index (χ1v) is 7.65. The highest BCUT2D eigenvalue weighted by molar-refractivity contribution is 7.17. The highest BCUT2D eigenvalue weighted by atomic mass is 32.1. The van der Waals surface area contributed by atoms with Gasteiger partial charge >= 0.3 is 0 Å². The summed E-state index contributed by atoms with van der Waals surface area (Å²) in [6.07, 6.45) is 0. The number of aryl methyl sites for hydroxylation is 1. The smallest absolute Gasteiger partial charge is 0.281 e. The largest absolute Gasteiger partial charge is 0.301 e. The molecule has 2 amide bonds. The molecule has 1 aromatic carbocycles. The Morgan fingerprint density at radius 1 is 1.22 bits per heavy atom. The van der Waals surface area contributed by atoms with Crippen molar-refractivity contribution in [2.45, 2.75) is 6.92 Å². The quantitative estimate of drug-likeness (QED) is 0.832. The summed E-state index contributed by atoms with van der Waals surface area (Å²) in [5, 5.41) is 0.618. The second-order valence-electron chi connectivity index (χ2n) is 5.18. The van der Waals surface area contributed by atoms with Gasteiger partial charge in [-0.15, -0.1) is 11.3 Å². The topological polar surface area (TPSA) is 74.3 Å². The van der Waals surface area contributed by atoms with Gasteiger partial charge in [0.15, 0.2) is 0 Å². The summed E-state index contributed by atoms with van der Waals surface area (Å²) in [5.74, 6) is -1.08. The average Bonchev–Trinajstić information content (AvgIpc) is 2.87. The fourth-order valence-corrected chi connectivity index (χ4v) is 2.80. The monoisotopic (exact) mass is 336 g/mol. The number of nitrogens with zero attached hydrogens (tertiary/aromatic N) is 2. The van der Waals surface area contributed by atoms with Gasteiger partial charge in [-0.1, -0.05) is 0 Å². The standard InChI is InChI=1S/C15H17FN4O2S/c1-9-13(14(22)19-18-12(21)8-20(2)3)23-15(17-9)10-4-6-11(16)7-5-10/h4-7H,8H2,1-3H3,(H,18,21)(H,19,22). The minimum absolute atomic E-state index is 0.169. The molecule has 1 aromatic heterocycles. The number of rotatable bonds is 4. The third-order valence-corrected chi connectivity index (χ3v) is 4.07. The Labute approximate surface area is 137 Å². The Morgan fingerprint density at radius 3 is 2.48 bits per heavy atom. The summed E-state index contributed by atoms with van der Waals surface area (Å²) >= 11 is 1.18. The number of benzene rings is 1. The summed E-state index contributed by atoms with van der Waals surface area (Å²) < 4.78 is 13.0. The van der Waals surface area contributed by atoms with Gasteiger partial charge in [-0.3, -0.25) is 20.4 Å². The Morgan fingerprint density at radius 2 is 1.87 bits per heavy atom. The van der Waals surface area contributed by atoms with E-state index in [1.54, 1.807) is 38.1 Å². The number of hydrogen-bond donors (Lipinski definition) is 2. The van der Waals surface area contributed by atoms with Gasteiger partial charge in [0, 0.05) is 5.56 Å². The zero-order chi connectivity index (χ0) is 17.0. The molecule has 0 saturated heterocycles. The molecule has 0 atom stereocenters. The first-order valence-electron chi connectivity index (χ1n) is 6.84. The lowest BCUT2D eigenvalue weighted by atomic mass is 10.2.